The Labute approximate surface area is 204 Å². The van der Waals surface area contributed by atoms with Gasteiger partial charge in [0.1, 0.15) is 0 Å². The predicted octanol–water partition coefficient (Wildman–Crippen LogP) is 5.02. The van der Waals surface area contributed by atoms with Gasteiger partial charge in [-0.3, -0.25) is 9.59 Å². The molecule has 0 fully saturated rings. The molecule has 0 saturated carbocycles. The summed E-state index contributed by atoms with van der Waals surface area (Å²) in [4.78, 5) is 24.8. The molecule has 0 bridgehead atoms. The number of anilines is 1. The first-order valence-corrected chi connectivity index (χ1v) is 12.0. The van der Waals surface area contributed by atoms with Crippen LogP contribution < -0.4 is 10.6 Å². The zero-order valence-electron chi connectivity index (χ0n) is 17.9. The first-order valence-electron chi connectivity index (χ1n) is 9.89. The quantitative estimate of drug-likeness (QED) is 0.395. The number of aromatic nitrogens is 3. The molecule has 0 aliphatic rings. The summed E-state index contributed by atoms with van der Waals surface area (Å²) >= 11 is 10.8. The molecule has 3 rings (SSSR count). The lowest BCUT2D eigenvalue weighted by atomic mass is 10.0. The van der Waals surface area contributed by atoms with Gasteiger partial charge in [0.25, 0.3) is 5.91 Å². The third-order valence-electron chi connectivity index (χ3n) is 4.69. The van der Waals surface area contributed by atoms with Gasteiger partial charge >= 0.3 is 0 Å². The summed E-state index contributed by atoms with van der Waals surface area (Å²) in [6.45, 7) is 4.35. The molecule has 0 atom stereocenters. The van der Waals surface area contributed by atoms with E-state index in [1.807, 2.05) is 18.2 Å². The highest BCUT2D eigenvalue weighted by Crippen LogP contribution is 2.28. The number of carbonyl (C=O) groups excluding carboxylic acids is 2. The maximum atomic E-state index is 12.5. The fraction of sp³-hybridized carbons (Fsp3) is 0.273. The molecule has 1 heterocycles. The van der Waals surface area contributed by atoms with Gasteiger partial charge < -0.3 is 15.2 Å². The first kappa shape index (κ1) is 24.3. The van der Waals surface area contributed by atoms with Crippen LogP contribution in [0.4, 0.5) is 5.69 Å². The Balaban J connectivity index is 1.56. The van der Waals surface area contributed by atoms with Crippen LogP contribution in [-0.4, -0.2) is 32.3 Å². The Morgan fingerprint density at radius 1 is 1.19 bits per heavy atom. The van der Waals surface area contributed by atoms with Crippen molar-refractivity contribution < 1.29 is 9.59 Å². The second kappa shape index (κ2) is 11.0. The highest BCUT2D eigenvalue weighted by atomic mass is 79.9. The first-order chi connectivity index (χ1) is 15.3. The molecule has 2 N–H and O–H groups in total. The molecule has 3 aromatic rings. The average Bonchev–Trinajstić information content (AvgIpc) is 3.11. The molecular weight excluding hydrogens is 514 g/mol. The maximum absolute atomic E-state index is 12.5. The topological polar surface area (TPSA) is 88.9 Å². The standard InChI is InChI=1S/C22H23BrClN5O2S/c1-13(2)16-10-14(23)8-9-18(16)26-20(30)12-32-22-28-27-19(29(22)3)11-25-21(31)15-6-4-5-7-17(15)24/h4-10,13H,11-12H2,1-3H3,(H,25,31)(H,26,30). The van der Waals surface area contributed by atoms with Crippen LogP contribution in [0, 0.1) is 0 Å². The van der Waals surface area contributed by atoms with E-state index in [0.29, 0.717) is 21.6 Å². The van der Waals surface area contributed by atoms with Crippen molar-refractivity contribution in [3.63, 3.8) is 0 Å². The van der Waals surface area contributed by atoms with Gasteiger partial charge in [-0.1, -0.05) is 65.3 Å². The van der Waals surface area contributed by atoms with E-state index in [2.05, 4.69) is 50.6 Å². The van der Waals surface area contributed by atoms with E-state index < -0.39 is 0 Å². The number of halogens is 2. The Morgan fingerprint density at radius 3 is 2.66 bits per heavy atom. The van der Waals surface area contributed by atoms with E-state index in [1.54, 1.807) is 35.9 Å². The fourth-order valence-electron chi connectivity index (χ4n) is 2.97. The Morgan fingerprint density at radius 2 is 1.94 bits per heavy atom. The molecule has 1 aromatic heterocycles. The second-order valence-electron chi connectivity index (χ2n) is 7.34. The molecule has 0 radical (unpaired) electrons. The van der Waals surface area contributed by atoms with Crippen LogP contribution >= 0.6 is 39.3 Å². The summed E-state index contributed by atoms with van der Waals surface area (Å²) in [6.07, 6.45) is 0. The SMILES string of the molecule is CC(C)c1cc(Br)ccc1NC(=O)CSc1nnc(CNC(=O)c2ccccc2Cl)n1C. The number of rotatable bonds is 8. The van der Waals surface area contributed by atoms with Gasteiger partial charge in [0.2, 0.25) is 5.91 Å². The molecule has 0 saturated heterocycles. The minimum Gasteiger partial charge on any atom is -0.345 e. The van der Waals surface area contributed by atoms with Crippen LogP contribution in [0.1, 0.15) is 41.5 Å². The lowest BCUT2D eigenvalue weighted by Gasteiger charge is -2.14. The van der Waals surface area contributed by atoms with Gasteiger partial charge in [0.05, 0.1) is 22.9 Å². The summed E-state index contributed by atoms with van der Waals surface area (Å²) < 4.78 is 2.73. The minimum atomic E-state index is -0.289. The van der Waals surface area contributed by atoms with Gasteiger partial charge in [-0.2, -0.15) is 0 Å². The number of thioether (sulfide) groups is 1. The van der Waals surface area contributed by atoms with E-state index in [9.17, 15) is 9.59 Å². The highest BCUT2D eigenvalue weighted by molar-refractivity contribution is 9.10. The number of benzene rings is 2. The second-order valence-corrected chi connectivity index (χ2v) is 9.61. The zero-order valence-corrected chi connectivity index (χ0v) is 21.0. The van der Waals surface area contributed by atoms with Crippen molar-refractivity contribution in [3.8, 4) is 0 Å². The summed E-state index contributed by atoms with van der Waals surface area (Å²) in [6, 6.07) is 12.6. The molecule has 2 aromatic carbocycles. The molecule has 10 heteroatoms. The lowest BCUT2D eigenvalue weighted by molar-refractivity contribution is -0.113. The summed E-state index contributed by atoms with van der Waals surface area (Å²) in [5, 5.41) is 15.0. The number of hydrogen-bond acceptors (Lipinski definition) is 5. The molecular formula is C22H23BrClN5O2S. The zero-order chi connectivity index (χ0) is 23.3. The number of hydrogen-bond donors (Lipinski definition) is 2. The summed E-state index contributed by atoms with van der Waals surface area (Å²) in [7, 11) is 1.79. The average molecular weight is 537 g/mol. The van der Waals surface area contributed by atoms with Crippen LogP contribution in [0.5, 0.6) is 0 Å². The fourth-order valence-corrected chi connectivity index (χ4v) is 4.30. The normalized spacial score (nSPS) is 10.9. The van der Waals surface area contributed by atoms with Crippen LogP contribution in [0.3, 0.4) is 0 Å². The predicted molar refractivity (Wildman–Crippen MR) is 131 cm³/mol. The van der Waals surface area contributed by atoms with Crippen molar-refractivity contribution in [1.82, 2.24) is 20.1 Å². The third kappa shape index (κ3) is 6.11. The number of nitrogens with zero attached hydrogens (tertiary/aromatic N) is 3. The monoisotopic (exact) mass is 535 g/mol. The molecule has 168 valence electrons. The lowest BCUT2D eigenvalue weighted by Crippen LogP contribution is -2.24. The maximum Gasteiger partial charge on any atom is 0.253 e. The summed E-state index contributed by atoms with van der Waals surface area (Å²) in [5.41, 5.74) is 2.26. The van der Waals surface area contributed by atoms with Gasteiger partial charge in [-0.25, -0.2) is 0 Å². The van der Waals surface area contributed by atoms with Crippen LogP contribution in [0.25, 0.3) is 0 Å². The van der Waals surface area contributed by atoms with E-state index in [0.717, 1.165) is 15.7 Å². The van der Waals surface area contributed by atoms with Crippen LogP contribution in [0.15, 0.2) is 52.1 Å². The van der Waals surface area contributed by atoms with Gasteiger partial charge in [-0.05, 0) is 41.8 Å². The molecule has 2 amide bonds. The van der Waals surface area contributed by atoms with E-state index in [4.69, 9.17) is 11.6 Å². The highest BCUT2D eigenvalue weighted by Gasteiger charge is 2.15. The van der Waals surface area contributed by atoms with Gasteiger partial charge in [0.15, 0.2) is 11.0 Å². The molecule has 0 aliphatic heterocycles. The smallest absolute Gasteiger partial charge is 0.253 e. The van der Waals surface area contributed by atoms with Crippen molar-refractivity contribution in [2.75, 3.05) is 11.1 Å². The van der Waals surface area contributed by atoms with Crippen LogP contribution in [-0.2, 0) is 18.4 Å². The van der Waals surface area contributed by atoms with Crippen molar-refractivity contribution >= 4 is 56.8 Å². The molecule has 32 heavy (non-hydrogen) atoms. The van der Waals surface area contributed by atoms with Crippen molar-refractivity contribution in [1.29, 1.82) is 0 Å². The van der Waals surface area contributed by atoms with E-state index in [1.165, 1.54) is 11.8 Å². The van der Waals surface area contributed by atoms with Crippen molar-refractivity contribution in [2.24, 2.45) is 7.05 Å². The van der Waals surface area contributed by atoms with Gasteiger partial charge in [-0.15, -0.1) is 10.2 Å². The van der Waals surface area contributed by atoms with Gasteiger partial charge in [0, 0.05) is 17.2 Å². The van der Waals surface area contributed by atoms with Crippen LogP contribution in [0.2, 0.25) is 5.02 Å². The molecule has 0 aliphatic carbocycles. The van der Waals surface area contributed by atoms with Crippen molar-refractivity contribution in [3.05, 3.63) is 68.9 Å². The number of nitrogens with one attached hydrogen (secondary N) is 2. The summed E-state index contributed by atoms with van der Waals surface area (Å²) in [5.74, 6) is 0.616. The Hall–Kier alpha value is -2.36. The van der Waals surface area contributed by atoms with E-state index in [-0.39, 0.29) is 30.0 Å². The number of amides is 2. The largest absolute Gasteiger partial charge is 0.345 e. The minimum absolute atomic E-state index is 0.129. The third-order valence-corrected chi connectivity index (χ3v) is 6.54. The molecule has 0 spiro atoms. The van der Waals surface area contributed by atoms with Crippen molar-refractivity contribution in [2.45, 2.75) is 31.5 Å². The molecule has 0 unspecified atom stereocenters. The number of carbonyl (C=O) groups is 2. The van der Waals surface area contributed by atoms with E-state index >= 15 is 0 Å². The Kier molecular flexibility index (Phi) is 8.33. The molecule has 7 nitrogen and oxygen atoms in total. The Bertz CT molecular complexity index is 1140.